The first-order valence-electron chi connectivity index (χ1n) is 10.4. The molecule has 2 heterocycles. The van der Waals surface area contributed by atoms with Crippen molar-refractivity contribution in [3.8, 4) is 10.6 Å². The number of benzene rings is 2. The van der Waals surface area contributed by atoms with Gasteiger partial charge in [-0.2, -0.15) is 23.5 Å². The number of para-hydroxylation sites is 1. The maximum atomic E-state index is 5.63. The van der Waals surface area contributed by atoms with E-state index in [2.05, 4.69) is 47.4 Å². The normalized spacial score (nSPS) is 18.1. The number of thioether (sulfide) groups is 2. The fraction of sp³-hybridized carbons (Fsp3) is 0.435. The minimum atomic E-state index is 0.707. The van der Waals surface area contributed by atoms with Gasteiger partial charge in [-0.05, 0) is 36.4 Å². The molecule has 160 valence electrons. The van der Waals surface area contributed by atoms with Crippen molar-refractivity contribution in [1.29, 1.82) is 0 Å². The summed E-state index contributed by atoms with van der Waals surface area (Å²) in [6.07, 6.45) is 0. The molecule has 30 heavy (non-hydrogen) atoms. The summed E-state index contributed by atoms with van der Waals surface area (Å²) in [4.78, 5) is 7.30. The highest BCUT2D eigenvalue weighted by Gasteiger charge is 2.10. The first-order valence-corrected chi connectivity index (χ1v) is 13.5. The fourth-order valence-electron chi connectivity index (χ4n) is 3.29. The van der Waals surface area contributed by atoms with Crippen LogP contribution >= 0.6 is 34.9 Å². The molecule has 0 bridgehead atoms. The van der Waals surface area contributed by atoms with Gasteiger partial charge >= 0.3 is 0 Å². The van der Waals surface area contributed by atoms with E-state index in [1.807, 2.05) is 29.6 Å². The van der Waals surface area contributed by atoms with Crippen LogP contribution in [0.5, 0.6) is 0 Å². The topological polar surface area (TPSA) is 34.6 Å². The van der Waals surface area contributed by atoms with E-state index >= 15 is 0 Å². The van der Waals surface area contributed by atoms with E-state index in [9.17, 15) is 0 Å². The molecule has 0 amide bonds. The Labute approximate surface area is 191 Å². The maximum Gasteiger partial charge on any atom is 0.124 e. The van der Waals surface area contributed by atoms with E-state index in [4.69, 9.17) is 14.5 Å². The monoisotopic (exact) mass is 460 g/mol. The van der Waals surface area contributed by atoms with Crippen LogP contribution in [0.1, 0.15) is 0 Å². The fourth-order valence-corrected chi connectivity index (χ4v) is 5.84. The van der Waals surface area contributed by atoms with Crippen LogP contribution in [-0.4, -0.2) is 67.5 Å². The number of thiazole rings is 1. The molecule has 0 unspecified atom stereocenters. The van der Waals surface area contributed by atoms with Crippen LogP contribution in [0.15, 0.2) is 48.5 Å². The average molecular weight is 461 g/mol. The van der Waals surface area contributed by atoms with Gasteiger partial charge < -0.3 is 14.4 Å². The van der Waals surface area contributed by atoms with Crippen molar-refractivity contribution in [3.05, 3.63) is 48.5 Å². The van der Waals surface area contributed by atoms with E-state index < -0.39 is 0 Å². The summed E-state index contributed by atoms with van der Waals surface area (Å²) in [6, 6.07) is 17.3. The molecule has 3 aromatic rings. The number of hydrogen-bond donors (Lipinski definition) is 0. The first kappa shape index (κ1) is 22.0. The number of anilines is 1. The van der Waals surface area contributed by atoms with Crippen molar-refractivity contribution in [2.24, 2.45) is 0 Å². The second-order valence-corrected chi connectivity index (χ2v) is 10.5. The Morgan fingerprint density at radius 1 is 0.733 bits per heavy atom. The molecule has 0 spiro atoms. The molecule has 0 N–H and O–H groups in total. The highest BCUT2D eigenvalue weighted by Crippen LogP contribution is 2.31. The quantitative estimate of drug-likeness (QED) is 0.517. The van der Waals surface area contributed by atoms with Crippen LogP contribution in [-0.2, 0) is 9.47 Å². The Morgan fingerprint density at radius 2 is 1.40 bits per heavy atom. The Morgan fingerprint density at radius 3 is 2.07 bits per heavy atom. The first-order chi connectivity index (χ1) is 14.9. The molecule has 0 atom stereocenters. The van der Waals surface area contributed by atoms with Gasteiger partial charge in [0.2, 0.25) is 0 Å². The zero-order valence-corrected chi connectivity index (χ0v) is 19.6. The highest BCUT2D eigenvalue weighted by atomic mass is 32.2. The summed E-state index contributed by atoms with van der Waals surface area (Å²) in [6.45, 7) is 5.14. The number of aromatic nitrogens is 1. The third kappa shape index (κ3) is 6.37. The molecular weight excluding hydrogens is 432 g/mol. The smallest absolute Gasteiger partial charge is 0.124 e. The van der Waals surface area contributed by atoms with E-state index in [1.165, 1.54) is 16.0 Å². The molecular formula is C23H28N2O2S3. The lowest BCUT2D eigenvalue weighted by atomic mass is 10.2. The Hall–Kier alpha value is -1.25. The van der Waals surface area contributed by atoms with Crippen molar-refractivity contribution in [3.63, 3.8) is 0 Å². The van der Waals surface area contributed by atoms with E-state index in [0.29, 0.717) is 13.2 Å². The number of hydrogen-bond acceptors (Lipinski definition) is 7. The van der Waals surface area contributed by atoms with Crippen molar-refractivity contribution in [2.45, 2.75) is 0 Å². The van der Waals surface area contributed by atoms with Gasteiger partial charge in [-0.25, -0.2) is 4.98 Å². The van der Waals surface area contributed by atoms with Crippen molar-refractivity contribution >= 4 is 50.8 Å². The summed E-state index contributed by atoms with van der Waals surface area (Å²) in [7, 11) is 0. The zero-order chi connectivity index (χ0) is 20.4. The summed E-state index contributed by atoms with van der Waals surface area (Å²) in [5.74, 6) is 4.31. The lowest BCUT2D eigenvalue weighted by Crippen LogP contribution is -2.28. The molecule has 1 aliphatic heterocycles. The van der Waals surface area contributed by atoms with Crippen LogP contribution in [0.25, 0.3) is 20.8 Å². The second kappa shape index (κ2) is 12.0. The average Bonchev–Trinajstić information content (AvgIpc) is 3.21. The lowest BCUT2D eigenvalue weighted by Gasteiger charge is -2.25. The Balaban J connectivity index is 1.41. The predicted molar refractivity (Wildman–Crippen MR) is 134 cm³/mol. The largest absolute Gasteiger partial charge is 0.378 e. The highest BCUT2D eigenvalue weighted by molar-refractivity contribution is 7.99. The SMILES string of the molecule is c1ccc2sc(-c3ccc(N4CCSCCOCCOCCSCC4)cc3)nc2c1. The number of nitrogens with zero attached hydrogens (tertiary/aromatic N) is 2. The summed E-state index contributed by atoms with van der Waals surface area (Å²) < 4.78 is 12.5. The summed E-state index contributed by atoms with van der Waals surface area (Å²) in [5, 5.41) is 1.09. The number of rotatable bonds is 2. The molecule has 2 aromatic carbocycles. The zero-order valence-electron chi connectivity index (χ0n) is 17.1. The minimum absolute atomic E-state index is 0.707. The third-order valence-electron chi connectivity index (χ3n) is 4.90. The van der Waals surface area contributed by atoms with Gasteiger partial charge in [-0.1, -0.05) is 12.1 Å². The number of ether oxygens (including phenoxy) is 2. The number of fused-ring (bicyclic) bond motifs is 1. The Bertz CT molecular complexity index is 852. The van der Waals surface area contributed by atoms with E-state index in [-0.39, 0.29) is 0 Å². The van der Waals surface area contributed by atoms with Crippen molar-refractivity contribution in [2.75, 3.05) is 67.4 Å². The van der Waals surface area contributed by atoms with Crippen LogP contribution in [0, 0.1) is 0 Å². The second-order valence-electron chi connectivity index (χ2n) is 6.97. The van der Waals surface area contributed by atoms with Crippen molar-refractivity contribution < 1.29 is 9.47 Å². The molecule has 4 nitrogen and oxygen atoms in total. The van der Waals surface area contributed by atoms with E-state index in [1.54, 1.807) is 11.3 Å². The molecule has 1 fully saturated rings. The van der Waals surface area contributed by atoms with E-state index in [0.717, 1.165) is 59.8 Å². The van der Waals surface area contributed by atoms with Crippen molar-refractivity contribution in [1.82, 2.24) is 4.98 Å². The van der Waals surface area contributed by atoms with Gasteiger partial charge in [0.15, 0.2) is 0 Å². The van der Waals surface area contributed by atoms with Crippen LogP contribution in [0.4, 0.5) is 5.69 Å². The lowest BCUT2D eigenvalue weighted by molar-refractivity contribution is 0.0605. The summed E-state index contributed by atoms with van der Waals surface area (Å²) >= 11 is 5.68. The Kier molecular flexibility index (Phi) is 8.75. The van der Waals surface area contributed by atoms with Gasteiger partial charge in [0.05, 0.1) is 36.6 Å². The van der Waals surface area contributed by atoms with Crippen LogP contribution < -0.4 is 4.90 Å². The van der Waals surface area contributed by atoms with Gasteiger partial charge in [0, 0.05) is 47.4 Å². The standard InChI is InChI=1S/C23H28N2O2S3/c1-2-4-22-21(3-1)24-23(30-22)19-5-7-20(8-6-19)25-9-15-28-17-13-26-11-12-27-14-18-29-16-10-25/h1-8H,9-18H2. The summed E-state index contributed by atoms with van der Waals surface area (Å²) in [5.41, 5.74) is 3.56. The molecule has 1 aliphatic rings. The van der Waals surface area contributed by atoms with Crippen LogP contribution in [0.3, 0.4) is 0 Å². The van der Waals surface area contributed by atoms with Gasteiger partial charge in [0.25, 0.3) is 0 Å². The molecule has 0 saturated carbocycles. The predicted octanol–water partition coefficient (Wildman–Crippen LogP) is 5.28. The van der Waals surface area contributed by atoms with Gasteiger partial charge in [-0.15, -0.1) is 11.3 Å². The maximum absolute atomic E-state index is 5.63. The van der Waals surface area contributed by atoms with Crippen LogP contribution in [0.2, 0.25) is 0 Å². The minimum Gasteiger partial charge on any atom is -0.378 e. The molecule has 1 aromatic heterocycles. The molecule has 1 saturated heterocycles. The van der Waals surface area contributed by atoms with Gasteiger partial charge in [0.1, 0.15) is 5.01 Å². The molecule has 0 radical (unpaired) electrons. The molecule has 0 aliphatic carbocycles. The molecule has 7 heteroatoms. The van der Waals surface area contributed by atoms with Gasteiger partial charge in [-0.3, -0.25) is 0 Å². The third-order valence-corrected chi connectivity index (χ3v) is 7.84. The molecule has 4 rings (SSSR count).